The van der Waals surface area contributed by atoms with E-state index in [9.17, 15) is 0 Å². The van der Waals surface area contributed by atoms with Crippen LogP contribution in [0.2, 0.25) is 0 Å². The molecule has 0 spiro atoms. The van der Waals surface area contributed by atoms with Crippen molar-refractivity contribution in [3.05, 3.63) is 0 Å². The Morgan fingerprint density at radius 3 is 2.56 bits per heavy atom. The summed E-state index contributed by atoms with van der Waals surface area (Å²) in [6.45, 7) is 2.18. The van der Waals surface area contributed by atoms with Gasteiger partial charge in [-0.15, -0.1) is 11.6 Å². The quantitative estimate of drug-likeness (QED) is 0.603. The third kappa shape index (κ3) is 5.43. The standard InChI is InChI=1S/C6H13ClS2/c1-3-9-5-6(4-7)8-2/h6H,3-5H2,1-2H3. The van der Waals surface area contributed by atoms with Crippen molar-refractivity contribution in [2.45, 2.75) is 12.2 Å². The van der Waals surface area contributed by atoms with Crippen LogP contribution in [0.15, 0.2) is 0 Å². The summed E-state index contributed by atoms with van der Waals surface area (Å²) >= 11 is 9.49. The molecule has 0 fully saturated rings. The predicted octanol–water partition coefficient (Wildman–Crippen LogP) is 2.71. The molecule has 0 rings (SSSR count). The molecule has 0 amide bonds. The van der Waals surface area contributed by atoms with Crippen LogP contribution in [-0.4, -0.2) is 28.9 Å². The number of hydrogen-bond acceptors (Lipinski definition) is 2. The highest BCUT2D eigenvalue weighted by Crippen LogP contribution is 2.14. The van der Waals surface area contributed by atoms with E-state index >= 15 is 0 Å². The summed E-state index contributed by atoms with van der Waals surface area (Å²) in [4.78, 5) is 0. The molecule has 1 unspecified atom stereocenters. The Morgan fingerprint density at radius 1 is 1.56 bits per heavy atom. The third-order valence-electron chi connectivity index (χ3n) is 1.01. The minimum Gasteiger partial charge on any atom is -0.161 e. The lowest BCUT2D eigenvalue weighted by Crippen LogP contribution is -2.06. The molecule has 3 heteroatoms. The molecule has 0 N–H and O–H groups in total. The van der Waals surface area contributed by atoms with Crippen molar-refractivity contribution in [2.24, 2.45) is 0 Å². The second-order valence-electron chi connectivity index (χ2n) is 1.67. The lowest BCUT2D eigenvalue weighted by atomic mass is 10.6. The highest BCUT2D eigenvalue weighted by Gasteiger charge is 2.02. The monoisotopic (exact) mass is 184 g/mol. The molecule has 0 bridgehead atoms. The second-order valence-corrected chi connectivity index (χ2v) is 4.44. The first kappa shape index (κ1) is 9.99. The van der Waals surface area contributed by atoms with Gasteiger partial charge in [-0.1, -0.05) is 6.92 Å². The second kappa shape index (κ2) is 7.10. The number of alkyl halides is 1. The summed E-state index contributed by atoms with van der Waals surface area (Å²) < 4.78 is 0. The van der Waals surface area contributed by atoms with E-state index in [0.29, 0.717) is 5.25 Å². The molecule has 0 heterocycles. The summed E-state index contributed by atoms with van der Waals surface area (Å²) in [5.74, 6) is 3.18. The summed E-state index contributed by atoms with van der Waals surface area (Å²) in [7, 11) is 0. The summed E-state index contributed by atoms with van der Waals surface area (Å²) in [6, 6.07) is 0. The van der Waals surface area contributed by atoms with E-state index in [4.69, 9.17) is 11.6 Å². The SMILES string of the molecule is CCSCC(CCl)SC. The summed E-state index contributed by atoms with van der Waals surface area (Å²) in [6.07, 6.45) is 2.11. The van der Waals surface area contributed by atoms with E-state index < -0.39 is 0 Å². The van der Waals surface area contributed by atoms with Crippen LogP contribution in [0.3, 0.4) is 0 Å². The minimum atomic E-state index is 0.650. The molecule has 1 atom stereocenters. The third-order valence-corrected chi connectivity index (χ3v) is 3.83. The van der Waals surface area contributed by atoms with Crippen molar-refractivity contribution in [1.29, 1.82) is 0 Å². The van der Waals surface area contributed by atoms with Gasteiger partial charge in [0.05, 0.1) is 0 Å². The first-order valence-corrected chi connectivity index (χ1v) is 5.99. The van der Waals surface area contributed by atoms with Crippen LogP contribution in [-0.2, 0) is 0 Å². The number of halogens is 1. The maximum atomic E-state index is 5.67. The van der Waals surface area contributed by atoms with Gasteiger partial charge >= 0.3 is 0 Å². The van der Waals surface area contributed by atoms with Gasteiger partial charge in [0.25, 0.3) is 0 Å². The minimum absolute atomic E-state index is 0.650. The lowest BCUT2D eigenvalue weighted by molar-refractivity contribution is 1.14. The molecule has 9 heavy (non-hydrogen) atoms. The van der Waals surface area contributed by atoms with Crippen molar-refractivity contribution in [1.82, 2.24) is 0 Å². The van der Waals surface area contributed by atoms with Gasteiger partial charge in [0.2, 0.25) is 0 Å². The van der Waals surface area contributed by atoms with Crippen LogP contribution in [0.4, 0.5) is 0 Å². The molecular formula is C6H13ClS2. The zero-order valence-electron chi connectivity index (χ0n) is 5.89. The average Bonchev–Trinajstić information content (AvgIpc) is 1.91. The van der Waals surface area contributed by atoms with E-state index in [0.717, 1.165) is 5.88 Å². The Kier molecular flexibility index (Phi) is 7.88. The fraction of sp³-hybridized carbons (Fsp3) is 1.00. The zero-order valence-corrected chi connectivity index (χ0v) is 8.28. The van der Waals surface area contributed by atoms with Gasteiger partial charge in [0, 0.05) is 16.9 Å². The van der Waals surface area contributed by atoms with Gasteiger partial charge in [-0.2, -0.15) is 23.5 Å². The first-order valence-electron chi connectivity index (χ1n) is 3.01. The molecule has 0 aliphatic carbocycles. The zero-order chi connectivity index (χ0) is 7.11. The van der Waals surface area contributed by atoms with Gasteiger partial charge in [0.15, 0.2) is 0 Å². The molecule has 0 aromatic rings. The van der Waals surface area contributed by atoms with Gasteiger partial charge in [-0.05, 0) is 12.0 Å². The van der Waals surface area contributed by atoms with Crippen molar-refractivity contribution in [2.75, 3.05) is 23.6 Å². The van der Waals surface area contributed by atoms with E-state index in [1.54, 1.807) is 0 Å². The van der Waals surface area contributed by atoms with Crippen molar-refractivity contribution in [3.63, 3.8) is 0 Å². The molecule has 56 valence electrons. The van der Waals surface area contributed by atoms with Crippen molar-refractivity contribution < 1.29 is 0 Å². The molecule has 0 radical (unpaired) electrons. The number of rotatable bonds is 5. The fourth-order valence-electron chi connectivity index (χ4n) is 0.425. The van der Waals surface area contributed by atoms with Crippen LogP contribution in [0.25, 0.3) is 0 Å². The largest absolute Gasteiger partial charge is 0.161 e. The molecule has 0 aliphatic heterocycles. The first-order chi connectivity index (χ1) is 4.35. The van der Waals surface area contributed by atoms with Crippen molar-refractivity contribution >= 4 is 35.1 Å². The van der Waals surface area contributed by atoms with E-state index in [2.05, 4.69) is 13.2 Å². The normalized spacial score (nSPS) is 13.7. The van der Waals surface area contributed by atoms with E-state index in [-0.39, 0.29) is 0 Å². The lowest BCUT2D eigenvalue weighted by Gasteiger charge is -2.07. The summed E-state index contributed by atoms with van der Waals surface area (Å²) in [5, 5.41) is 0.650. The molecule has 0 nitrogen and oxygen atoms in total. The molecule has 0 saturated heterocycles. The Labute approximate surface area is 71.1 Å². The maximum Gasteiger partial charge on any atom is 0.0350 e. The van der Waals surface area contributed by atoms with Crippen LogP contribution in [0.5, 0.6) is 0 Å². The Bertz CT molecular complexity index is 55.0. The Hall–Kier alpha value is 0.990. The van der Waals surface area contributed by atoms with Gasteiger partial charge in [-0.3, -0.25) is 0 Å². The Morgan fingerprint density at radius 2 is 2.22 bits per heavy atom. The van der Waals surface area contributed by atoms with Crippen LogP contribution >= 0.6 is 35.1 Å². The van der Waals surface area contributed by atoms with E-state index in [1.807, 2.05) is 23.5 Å². The average molecular weight is 185 g/mol. The smallest absolute Gasteiger partial charge is 0.0350 e. The number of thioether (sulfide) groups is 2. The highest BCUT2D eigenvalue weighted by atomic mass is 35.5. The van der Waals surface area contributed by atoms with Crippen LogP contribution in [0, 0.1) is 0 Å². The maximum absolute atomic E-state index is 5.67. The van der Waals surface area contributed by atoms with Gasteiger partial charge in [-0.25, -0.2) is 0 Å². The summed E-state index contributed by atoms with van der Waals surface area (Å²) in [5.41, 5.74) is 0. The highest BCUT2D eigenvalue weighted by molar-refractivity contribution is 8.03. The number of hydrogen-bond donors (Lipinski definition) is 0. The molecule has 0 saturated carbocycles. The van der Waals surface area contributed by atoms with Crippen LogP contribution in [0.1, 0.15) is 6.92 Å². The van der Waals surface area contributed by atoms with Crippen molar-refractivity contribution in [3.8, 4) is 0 Å². The molecular weight excluding hydrogens is 172 g/mol. The predicted molar refractivity (Wildman–Crippen MR) is 51.0 cm³/mol. The topological polar surface area (TPSA) is 0 Å². The van der Waals surface area contributed by atoms with Gasteiger partial charge in [0.1, 0.15) is 0 Å². The van der Waals surface area contributed by atoms with Gasteiger partial charge < -0.3 is 0 Å². The molecule has 0 aliphatic rings. The van der Waals surface area contributed by atoms with E-state index in [1.165, 1.54) is 11.5 Å². The fourth-order valence-corrected chi connectivity index (χ4v) is 2.62. The van der Waals surface area contributed by atoms with Crippen LogP contribution < -0.4 is 0 Å². The molecule has 0 aromatic heterocycles. The Balaban J connectivity index is 3.09. The molecule has 0 aromatic carbocycles.